The zero-order valence-corrected chi connectivity index (χ0v) is 13.0. The van der Waals surface area contributed by atoms with Crippen LogP contribution in [0, 0.1) is 13.8 Å². The summed E-state index contributed by atoms with van der Waals surface area (Å²) in [6, 6.07) is 0. The van der Waals surface area contributed by atoms with Gasteiger partial charge in [-0.1, -0.05) is 11.3 Å². The fourth-order valence-corrected chi connectivity index (χ4v) is 2.25. The molecule has 0 atom stereocenters. The van der Waals surface area contributed by atoms with E-state index in [2.05, 4.69) is 25.5 Å². The average Bonchev–Trinajstić information content (AvgIpc) is 2.80. The summed E-state index contributed by atoms with van der Waals surface area (Å²) < 4.78 is 0. The summed E-state index contributed by atoms with van der Waals surface area (Å²) in [5.74, 6) is 1.56. The van der Waals surface area contributed by atoms with E-state index in [-0.39, 0.29) is 0 Å². The van der Waals surface area contributed by atoms with Crippen molar-refractivity contribution in [1.29, 1.82) is 0 Å². The summed E-state index contributed by atoms with van der Waals surface area (Å²) in [7, 11) is 3.86. The number of hydrogen-bond donors (Lipinski definition) is 2. The molecule has 0 aromatic carbocycles. The molecule has 2 aromatic rings. The Morgan fingerprint density at radius 3 is 2.55 bits per heavy atom. The number of nitrogens with two attached hydrogens (primary N) is 1. The molecule has 0 aliphatic heterocycles. The zero-order valence-electron chi connectivity index (χ0n) is 12.1. The summed E-state index contributed by atoms with van der Waals surface area (Å²) in [6.07, 6.45) is 0.772. The minimum atomic E-state index is 0.504. The summed E-state index contributed by atoms with van der Waals surface area (Å²) in [5.41, 5.74) is 7.60. The van der Waals surface area contributed by atoms with E-state index in [4.69, 9.17) is 5.73 Å². The van der Waals surface area contributed by atoms with E-state index in [1.54, 1.807) is 0 Å². The number of hydrogen-bond acceptors (Lipinski definition) is 8. The second-order valence-corrected chi connectivity index (χ2v) is 5.78. The minimum Gasteiger partial charge on any atom is -0.374 e. The quantitative estimate of drug-likeness (QED) is 0.857. The van der Waals surface area contributed by atoms with Gasteiger partial charge in [0.05, 0.1) is 0 Å². The Labute approximate surface area is 122 Å². The van der Waals surface area contributed by atoms with Gasteiger partial charge < -0.3 is 16.0 Å². The molecular weight excluding hydrogens is 274 g/mol. The van der Waals surface area contributed by atoms with Gasteiger partial charge in [-0.2, -0.15) is 4.98 Å². The lowest BCUT2D eigenvalue weighted by atomic mass is 10.2. The van der Waals surface area contributed by atoms with Crippen LogP contribution < -0.4 is 16.0 Å². The van der Waals surface area contributed by atoms with Gasteiger partial charge in [-0.15, -0.1) is 10.2 Å². The minimum absolute atomic E-state index is 0.504. The lowest BCUT2D eigenvalue weighted by Crippen LogP contribution is -2.16. The lowest BCUT2D eigenvalue weighted by molar-refractivity contribution is 0.919. The SMILES string of the molecule is Cc1nc(N(C)C)nc(NCCc2nnc(N)s2)c1C. The van der Waals surface area contributed by atoms with Crippen LogP contribution in [-0.2, 0) is 6.42 Å². The summed E-state index contributed by atoms with van der Waals surface area (Å²) >= 11 is 1.41. The summed E-state index contributed by atoms with van der Waals surface area (Å²) in [4.78, 5) is 10.8. The van der Waals surface area contributed by atoms with E-state index in [0.717, 1.165) is 35.0 Å². The molecule has 108 valence electrons. The molecule has 2 rings (SSSR count). The Morgan fingerprint density at radius 1 is 1.20 bits per heavy atom. The van der Waals surface area contributed by atoms with E-state index >= 15 is 0 Å². The molecule has 0 aliphatic rings. The third-order valence-electron chi connectivity index (χ3n) is 2.89. The molecule has 0 amide bonds. The molecule has 2 aromatic heterocycles. The van der Waals surface area contributed by atoms with Gasteiger partial charge in [0, 0.05) is 38.3 Å². The Morgan fingerprint density at radius 2 is 1.95 bits per heavy atom. The van der Waals surface area contributed by atoms with Gasteiger partial charge in [0.1, 0.15) is 10.8 Å². The van der Waals surface area contributed by atoms with E-state index in [1.807, 2.05) is 32.8 Å². The Kier molecular flexibility index (Phi) is 4.33. The van der Waals surface area contributed by atoms with Crippen molar-refractivity contribution in [2.45, 2.75) is 20.3 Å². The van der Waals surface area contributed by atoms with E-state index in [1.165, 1.54) is 11.3 Å². The van der Waals surface area contributed by atoms with Gasteiger partial charge in [0.2, 0.25) is 11.1 Å². The fraction of sp³-hybridized carbons (Fsp3) is 0.500. The maximum atomic E-state index is 5.56. The lowest BCUT2D eigenvalue weighted by Gasteiger charge is -2.15. The standard InChI is InChI=1S/C12H19N7S/c1-7-8(2)15-12(19(3)4)16-10(7)14-6-5-9-17-18-11(13)20-9/h5-6H2,1-4H3,(H2,13,18)(H,14,15,16). The molecule has 0 fully saturated rings. The van der Waals surface area contributed by atoms with Crippen LogP contribution in [0.1, 0.15) is 16.3 Å². The maximum absolute atomic E-state index is 5.56. The van der Waals surface area contributed by atoms with Crippen molar-refractivity contribution in [3.05, 3.63) is 16.3 Å². The summed E-state index contributed by atoms with van der Waals surface area (Å²) in [5, 5.41) is 12.5. The van der Waals surface area contributed by atoms with Crippen molar-refractivity contribution >= 4 is 28.2 Å². The molecule has 7 nitrogen and oxygen atoms in total. The van der Waals surface area contributed by atoms with Crippen LogP contribution in [0.4, 0.5) is 16.9 Å². The van der Waals surface area contributed by atoms with E-state index in [0.29, 0.717) is 11.1 Å². The highest BCUT2D eigenvalue weighted by Crippen LogP contribution is 2.18. The predicted octanol–water partition coefficient (Wildman–Crippen LogP) is 1.25. The number of aromatic nitrogens is 4. The molecule has 0 unspecified atom stereocenters. The van der Waals surface area contributed by atoms with E-state index in [9.17, 15) is 0 Å². The topological polar surface area (TPSA) is 92.9 Å². The third kappa shape index (κ3) is 3.32. The predicted molar refractivity (Wildman–Crippen MR) is 82.3 cm³/mol. The Hall–Kier alpha value is -1.96. The van der Waals surface area contributed by atoms with Crippen LogP contribution in [0.3, 0.4) is 0 Å². The van der Waals surface area contributed by atoms with Crippen molar-refractivity contribution in [2.24, 2.45) is 0 Å². The number of aryl methyl sites for hydroxylation is 1. The monoisotopic (exact) mass is 293 g/mol. The molecule has 0 radical (unpaired) electrons. The fourth-order valence-electron chi connectivity index (χ4n) is 1.64. The molecule has 0 saturated carbocycles. The van der Waals surface area contributed by atoms with Crippen molar-refractivity contribution in [2.75, 3.05) is 36.6 Å². The van der Waals surface area contributed by atoms with Crippen molar-refractivity contribution in [3.63, 3.8) is 0 Å². The number of anilines is 3. The second-order valence-electron chi connectivity index (χ2n) is 4.69. The van der Waals surface area contributed by atoms with Gasteiger partial charge in [0.15, 0.2) is 0 Å². The van der Waals surface area contributed by atoms with Gasteiger partial charge in [-0.3, -0.25) is 0 Å². The number of rotatable bonds is 5. The molecule has 8 heteroatoms. The Balaban J connectivity index is 2.05. The first-order valence-electron chi connectivity index (χ1n) is 6.31. The highest BCUT2D eigenvalue weighted by molar-refractivity contribution is 7.15. The average molecular weight is 293 g/mol. The van der Waals surface area contributed by atoms with Crippen molar-refractivity contribution < 1.29 is 0 Å². The van der Waals surface area contributed by atoms with Crippen LogP contribution in [0.5, 0.6) is 0 Å². The zero-order chi connectivity index (χ0) is 14.7. The van der Waals surface area contributed by atoms with Crippen LogP contribution >= 0.6 is 11.3 Å². The second kappa shape index (κ2) is 6.00. The molecule has 0 bridgehead atoms. The number of nitrogens with zero attached hydrogens (tertiary/aromatic N) is 5. The largest absolute Gasteiger partial charge is 0.374 e. The molecule has 20 heavy (non-hydrogen) atoms. The molecule has 3 N–H and O–H groups in total. The maximum Gasteiger partial charge on any atom is 0.227 e. The normalized spacial score (nSPS) is 10.6. The van der Waals surface area contributed by atoms with Gasteiger partial charge >= 0.3 is 0 Å². The number of nitrogens with one attached hydrogen (secondary N) is 1. The van der Waals surface area contributed by atoms with Crippen LogP contribution in [-0.4, -0.2) is 40.8 Å². The molecule has 0 saturated heterocycles. The van der Waals surface area contributed by atoms with Crippen LogP contribution in [0.25, 0.3) is 0 Å². The van der Waals surface area contributed by atoms with Gasteiger partial charge in [0.25, 0.3) is 0 Å². The van der Waals surface area contributed by atoms with Crippen molar-refractivity contribution in [1.82, 2.24) is 20.2 Å². The first-order valence-corrected chi connectivity index (χ1v) is 7.13. The van der Waals surface area contributed by atoms with Crippen LogP contribution in [0.2, 0.25) is 0 Å². The molecular formula is C12H19N7S. The van der Waals surface area contributed by atoms with Crippen molar-refractivity contribution in [3.8, 4) is 0 Å². The van der Waals surface area contributed by atoms with E-state index < -0.39 is 0 Å². The highest BCUT2D eigenvalue weighted by Gasteiger charge is 2.09. The molecule has 0 spiro atoms. The van der Waals surface area contributed by atoms with Gasteiger partial charge in [-0.05, 0) is 13.8 Å². The molecule has 0 aliphatic carbocycles. The van der Waals surface area contributed by atoms with Crippen LogP contribution in [0.15, 0.2) is 0 Å². The highest BCUT2D eigenvalue weighted by atomic mass is 32.1. The smallest absolute Gasteiger partial charge is 0.227 e. The Bertz CT molecular complexity index is 593. The first-order chi connectivity index (χ1) is 9.47. The number of nitrogen functional groups attached to an aromatic ring is 1. The molecule has 2 heterocycles. The first kappa shape index (κ1) is 14.4. The third-order valence-corrected chi connectivity index (χ3v) is 3.70. The van der Waals surface area contributed by atoms with Gasteiger partial charge in [-0.25, -0.2) is 4.98 Å². The summed E-state index contributed by atoms with van der Waals surface area (Å²) in [6.45, 7) is 4.74.